The quantitative estimate of drug-likeness (QED) is 0.339. The van der Waals surface area contributed by atoms with Crippen molar-refractivity contribution in [2.24, 2.45) is 5.10 Å². The molecule has 0 aliphatic carbocycles. The molecule has 0 rings (SSSR count). The van der Waals surface area contributed by atoms with Crippen LogP contribution in [0.3, 0.4) is 0 Å². The van der Waals surface area contributed by atoms with Gasteiger partial charge in [-0.3, -0.25) is 5.43 Å². The van der Waals surface area contributed by atoms with E-state index < -0.39 is 0 Å². The van der Waals surface area contributed by atoms with E-state index in [0.717, 1.165) is 6.42 Å². The van der Waals surface area contributed by atoms with Crippen LogP contribution in [0, 0.1) is 0 Å². The van der Waals surface area contributed by atoms with Crippen molar-refractivity contribution in [1.29, 1.82) is 0 Å². The first-order valence-electron chi connectivity index (χ1n) is 3.29. The van der Waals surface area contributed by atoms with Gasteiger partial charge in [-0.2, -0.15) is 5.10 Å². The Kier molecular flexibility index (Phi) is 6.58. The molecule has 0 aromatic rings. The highest BCUT2D eigenvalue weighted by Gasteiger charge is 1.75. The average Bonchev–Trinajstić information content (AvgIpc) is 1.89. The number of nitrogens with zero attached hydrogens (tertiary/aromatic N) is 1. The van der Waals surface area contributed by atoms with Crippen LogP contribution in [-0.2, 0) is 0 Å². The van der Waals surface area contributed by atoms with Gasteiger partial charge in [0.2, 0.25) is 0 Å². The van der Waals surface area contributed by atoms with E-state index in [1.165, 1.54) is 12.8 Å². The fourth-order valence-electron chi connectivity index (χ4n) is 0.465. The van der Waals surface area contributed by atoms with Gasteiger partial charge in [-0.05, 0) is 12.8 Å². The Balaban J connectivity index is 2.94. The summed E-state index contributed by atoms with van der Waals surface area (Å²) in [6.07, 6.45) is 6.91. The third kappa shape index (κ3) is 7.21. The molecule has 0 fully saturated rings. The maximum Gasteiger partial charge on any atom is 0.0246 e. The van der Waals surface area contributed by atoms with E-state index in [1.807, 2.05) is 6.21 Å². The Morgan fingerprint density at radius 1 is 1.67 bits per heavy atom. The minimum atomic E-state index is 1.05. The average molecular weight is 126 g/mol. The van der Waals surface area contributed by atoms with Crippen LogP contribution in [-0.4, -0.2) is 6.21 Å². The van der Waals surface area contributed by atoms with Crippen LogP contribution in [0.5, 0.6) is 0 Å². The van der Waals surface area contributed by atoms with Gasteiger partial charge in [0.25, 0.3) is 0 Å². The topological polar surface area (TPSA) is 24.4 Å². The Morgan fingerprint density at radius 2 is 2.44 bits per heavy atom. The Bertz CT molecular complexity index is 86.9. The molecule has 0 amide bonds. The van der Waals surface area contributed by atoms with Crippen LogP contribution in [0.4, 0.5) is 0 Å². The molecule has 0 heterocycles. The van der Waals surface area contributed by atoms with E-state index in [1.54, 1.807) is 6.20 Å². The van der Waals surface area contributed by atoms with Crippen LogP contribution in [0.15, 0.2) is 17.9 Å². The highest BCUT2D eigenvalue weighted by Crippen LogP contribution is 1.88. The lowest BCUT2D eigenvalue weighted by Gasteiger charge is -1.87. The number of unbranched alkanes of at least 4 members (excludes halogenated alkanes) is 2. The van der Waals surface area contributed by atoms with Crippen molar-refractivity contribution in [3.05, 3.63) is 12.8 Å². The molecule has 0 bridgehead atoms. The van der Waals surface area contributed by atoms with Gasteiger partial charge < -0.3 is 0 Å². The molecule has 1 N–H and O–H groups in total. The second-order valence-corrected chi connectivity index (χ2v) is 1.79. The van der Waals surface area contributed by atoms with Crippen molar-refractivity contribution in [3.63, 3.8) is 0 Å². The fraction of sp³-hybridized carbons (Fsp3) is 0.571. The summed E-state index contributed by atoms with van der Waals surface area (Å²) in [5.41, 5.74) is 2.64. The zero-order valence-electron chi connectivity index (χ0n) is 5.93. The van der Waals surface area contributed by atoms with Gasteiger partial charge in [-0.15, -0.1) is 0 Å². The number of hydrazone groups is 1. The maximum absolute atomic E-state index is 3.83. The van der Waals surface area contributed by atoms with E-state index >= 15 is 0 Å². The lowest BCUT2D eigenvalue weighted by atomic mass is 10.3. The summed E-state index contributed by atoms with van der Waals surface area (Å²) in [6.45, 7) is 5.62. The summed E-state index contributed by atoms with van der Waals surface area (Å²) in [6, 6.07) is 0. The van der Waals surface area contributed by atoms with Gasteiger partial charge in [0.15, 0.2) is 0 Å². The normalized spacial score (nSPS) is 9.89. The van der Waals surface area contributed by atoms with Crippen molar-refractivity contribution < 1.29 is 0 Å². The molecule has 0 aromatic heterocycles. The van der Waals surface area contributed by atoms with Gasteiger partial charge in [-0.1, -0.05) is 19.9 Å². The summed E-state index contributed by atoms with van der Waals surface area (Å²) in [4.78, 5) is 0. The van der Waals surface area contributed by atoms with Gasteiger partial charge >= 0.3 is 0 Å². The van der Waals surface area contributed by atoms with Crippen molar-refractivity contribution in [1.82, 2.24) is 5.43 Å². The number of hydrogen-bond acceptors (Lipinski definition) is 2. The smallest absolute Gasteiger partial charge is 0.0246 e. The van der Waals surface area contributed by atoms with Gasteiger partial charge in [-0.25, -0.2) is 0 Å². The lowest BCUT2D eigenvalue weighted by molar-refractivity contribution is 0.834. The molecule has 0 spiro atoms. The highest BCUT2D eigenvalue weighted by atomic mass is 15.3. The number of hydrogen-bond donors (Lipinski definition) is 1. The first-order valence-corrected chi connectivity index (χ1v) is 3.29. The van der Waals surface area contributed by atoms with E-state index in [-0.39, 0.29) is 0 Å². The SMILES string of the molecule is C=CN/N=C\CCCC. The van der Waals surface area contributed by atoms with E-state index in [9.17, 15) is 0 Å². The summed E-state index contributed by atoms with van der Waals surface area (Å²) in [7, 11) is 0. The predicted octanol–water partition coefficient (Wildman–Crippen LogP) is 1.90. The Labute approximate surface area is 56.7 Å². The second-order valence-electron chi connectivity index (χ2n) is 1.79. The van der Waals surface area contributed by atoms with Crippen molar-refractivity contribution >= 4 is 6.21 Å². The minimum Gasteiger partial charge on any atom is -0.287 e. The van der Waals surface area contributed by atoms with Crippen LogP contribution in [0.1, 0.15) is 26.2 Å². The first-order chi connectivity index (χ1) is 4.41. The first kappa shape index (κ1) is 8.21. The van der Waals surface area contributed by atoms with Crippen LogP contribution >= 0.6 is 0 Å². The second kappa shape index (κ2) is 7.21. The standard InChI is InChI=1S/C7H14N2/c1-3-5-6-7-9-8-4-2/h4,7-8H,2-3,5-6H2,1H3/b9-7-. The number of nitrogens with one attached hydrogen (secondary N) is 1. The summed E-state index contributed by atoms with van der Waals surface area (Å²) < 4.78 is 0. The van der Waals surface area contributed by atoms with Crippen LogP contribution < -0.4 is 5.43 Å². The van der Waals surface area contributed by atoms with Crippen molar-refractivity contribution in [3.8, 4) is 0 Å². The molecule has 0 radical (unpaired) electrons. The molecule has 2 nitrogen and oxygen atoms in total. The van der Waals surface area contributed by atoms with Crippen LogP contribution in [0.2, 0.25) is 0 Å². The highest BCUT2D eigenvalue weighted by molar-refractivity contribution is 5.56. The van der Waals surface area contributed by atoms with Gasteiger partial charge in [0.1, 0.15) is 0 Å². The molecule has 9 heavy (non-hydrogen) atoms. The van der Waals surface area contributed by atoms with E-state index in [2.05, 4.69) is 24.0 Å². The van der Waals surface area contributed by atoms with Crippen molar-refractivity contribution in [2.45, 2.75) is 26.2 Å². The molecule has 0 atom stereocenters. The zero-order valence-corrected chi connectivity index (χ0v) is 5.93. The third-order valence-electron chi connectivity index (χ3n) is 0.944. The lowest BCUT2D eigenvalue weighted by Crippen LogP contribution is -1.91. The molecule has 0 saturated heterocycles. The summed E-state index contributed by atoms with van der Waals surface area (Å²) >= 11 is 0. The summed E-state index contributed by atoms with van der Waals surface area (Å²) in [5, 5.41) is 3.83. The van der Waals surface area contributed by atoms with Crippen molar-refractivity contribution in [2.75, 3.05) is 0 Å². The summed E-state index contributed by atoms with van der Waals surface area (Å²) in [5.74, 6) is 0. The molecule has 0 saturated carbocycles. The zero-order chi connectivity index (χ0) is 6.95. The molecule has 0 aliphatic rings. The molecular weight excluding hydrogens is 112 g/mol. The Morgan fingerprint density at radius 3 is 3.00 bits per heavy atom. The minimum absolute atomic E-state index is 1.05. The molecule has 0 unspecified atom stereocenters. The predicted molar refractivity (Wildman–Crippen MR) is 41.3 cm³/mol. The fourth-order valence-corrected chi connectivity index (χ4v) is 0.465. The Hall–Kier alpha value is -0.790. The molecule has 2 heteroatoms. The molecule has 0 aromatic carbocycles. The molecular formula is C7H14N2. The van der Waals surface area contributed by atoms with E-state index in [4.69, 9.17) is 0 Å². The molecule has 0 aliphatic heterocycles. The monoisotopic (exact) mass is 126 g/mol. The van der Waals surface area contributed by atoms with E-state index in [0.29, 0.717) is 0 Å². The molecule has 52 valence electrons. The maximum atomic E-state index is 3.83. The van der Waals surface area contributed by atoms with Gasteiger partial charge in [0.05, 0.1) is 0 Å². The largest absolute Gasteiger partial charge is 0.287 e. The number of rotatable bonds is 5. The van der Waals surface area contributed by atoms with Crippen LogP contribution in [0.25, 0.3) is 0 Å². The third-order valence-corrected chi connectivity index (χ3v) is 0.944. The van der Waals surface area contributed by atoms with Gasteiger partial charge in [0, 0.05) is 12.4 Å².